The van der Waals surface area contributed by atoms with Crippen LogP contribution in [0.15, 0.2) is 66.7 Å². The molecule has 4 rings (SSSR count). The molecule has 0 spiro atoms. The van der Waals surface area contributed by atoms with Crippen LogP contribution in [0, 0.1) is 0 Å². The lowest BCUT2D eigenvalue weighted by Gasteiger charge is -2.17. The van der Waals surface area contributed by atoms with Crippen molar-refractivity contribution in [1.29, 1.82) is 0 Å². The van der Waals surface area contributed by atoms with Crippen molar-refractivity contribution in [3.63, 3.8) is 0 Å². The first-order valence-electron chi connectivity index (χ1n) is 14.2. The van der Waals surface area contributed by atoms with Gasteiger partial charge < -0.3 is 35.6 Å². The molecule has 3 aromatic rings. The zero-order chi connectivity index (χ0) is 30.8. The van der Waals surface area contributed by atoms with E-state index in [1.807, 2.05) is 74.4 Å². The van der Waals surface area contributed by atoms with Crippen molar-refractivity contribution in [2.24, 2.45) is 0 Å². The molecule has 1 atom stereocenters. The predicted octanol–water partition coefficient (Wildman–Crippen LogP) is 4.06. The zero-order valence-corrected chi connectivity index (χ0v) is 24.6. The topological polar surface area (TPSA) is 138 Å². The third kappa shape index (κ3) is 8.79. The Kier molecular flexibility index (Phi) is 10.7. The Labute approximate surface area is 250 Å². The lowest BCUT2D eigenvalue weighted by atomic mass is 10.1. The van der Waals surface area contributed by atoms with Crippen molar-refractivity contribution in [1.82, 2.24) is 10.6 Å². The average molecular weight is 588 g/mol. The zero-order valence-electron chi connectivity index (χ0n) is 24.6. The first kappa shape index (κ1) is 31.0. The number of amides is 4. The van der Waals surface area contributed by atoms with Crippen LogP contribution in [-0.2, 0) is 25.7 Å². The summed E-state index contributed by atoms with van der Waals surface area (Å²) >= 11 is 0. The van der Waals surface area contributed by atoms with Gasteiger partial charge in [-0.1, -0.05) is 43.3 Å². The van der Waals surface area contributed by atoms with Gasteiger partial charge in [0.25, 0.3) is 5.91 Å². The number of hydrogen-bond donors (Lipinski definition) is 4. The minimum atomic E-state index is -0.919. The van der Waals surface area contributed by atoms with Crippen LogP contribution in [0.2, 0.25) is 0 Å². The highest BCUT2D eigenvalue weighted by Crippen LogP contribution is 2.37. The summed E-state index contributed by atoms with van der Waals surface area (Å²) in [4.78, 5) is 53.2. The normalized spacial score (nSPS) is 14.1. The van der Waals surface area contributed by atoms with Crippen molar-refractivity contribution >= 4 is 40.7 Å². The lowest BCUT2D eigenvalue weighted by Crippen LogP contribution is -2.42. The van der Waals surface area contributed by atoms with Crippen LogP contribution in [0.4, 0.5) is 17.1 Å². The van der Waals surface area contributed by atoms with Gasteiger partial charge in [-0.05, 0) is 42.7 Å². The Bertz CT molecular complexity index is 1460. The van der Waals surface area contributed by atoms with Crippen LogP contribution in [-0.4, -0.2) is 56.9 Å². The van der Waals surface area contributed by atoms with E-state index >= 15 is 0 Å². The highest BCUT2D eigenvalue weighted by atomic mass is 16.5. The molecule has 1 aliphatic heterocycles. The molecule has 11 heteroatoms. The highest BCUT2D eigenvalue weighted by molar-refractivity contribution is 6.11. The number of carbonyl (C=O) groups is 4. The van der Waals surface area contributed by atoms with Crippen molar-refractivity contribution in [2.75, 3.05) is 42.8 Å². The van der Waals surface area contributed by atoms with Gasteiger partial charge in [0.1, 0.15) is 18.4 Å². The summed E-state index contributed by atoms with van der Waals surface area (Å²) in [7, 11) is 3.80. The minimum Gasteiger partial charge on any atom is -0.455 e. The Balaban J connectivity index is 1.56. The molecule has 0 fully saturated rings. The number of rotatable bonds is 13. The van der Waals surface area contributed by atoms with Crippen LogP contribution >= 0.6 is 0 Å². The maximum absolute atomic E-state index is 13.3. The van der Waals surface area contributed by atoms with Gasteiger partial charge in [-0.3, -0.25) is 19.2 Å². The molecule has 226 valence electrons. The van der Waals surface area contributed by atoms with Gasteiger partial charge >= 0.3 is 0 Å². The number of carbonyl (C=O) groups excluding carboxylic acids is 4. The monoisotopic (exact) mass is 587 g/mol. The van der Waals surface area contributed by atoms with Gasteiger partial charge in [-0.25, -0.2) is 0 Å². The predicted molar refractivity (Wildman–Crippen MR) is 164 cm³/mol. The number of benzene rings is 3. The van der Waals surface area contributed by atoms with Gasteiger partial charge in [0, 0.05) is 38.8 Å². The molecular weight excluding hydrogens is 550 g/mol. The van der Waals surface area contributed by atoms with Gasteiger partial charge in [0.15, 0.2) is 5.75 Å². The molecule has 0 saturated heterocycles. The number of nitrogens with one attached hydrogen (secondary N) is 4. The van der Waals surface area contributed by atoms with E-state index in [-0.39, 0.29) is 54.7 Å². The molecule has 0 radical (unpaired) electrons. The summed E-state index contributed by atoms with van der Waals surface area (Å²) < 4.78 is 11.8. The van der Waals surface area contributed by atoms with Crippen molar-refractivity contribution in [2.45, 2.75) is 38.8 Å². The van der Waals surface area contributed by atoms with E-state index in [0.717, 1.165) is 17.7 Å². The summed E-state index contributed by atoms with van der Waals surface area (Å²) in [6.45, 7) is 2.52. The second-order valence-electron chi connectivity index (χ2n) is 10.3. The highest BCUT2D eigenvalue weighted by Gasteiger charge is 2.30. The quantitative estimate of drug-likeness (QED) is 0.237. The number of fused-ring (bicyclic) bond motifs is 1. The Morgan fingerprint density at radius 2 is 1.77 bits per heavy atom. The fourth-order valence-corrected chi connectivity index (χ4v) is 4.38. The molecule has 1 heterocycles. The molecule has 1 aliphatic rings. The van der Waals surface area contributed by atoms with Crippen LogP contribution in [0.5, 0.6) is 11.5 Å². The number of nitrogens with zero attached hydrogens (tertiary/aromatic N) is 1. The first-order chi connectivity index (χ1) is 20.7. The summed E-state index contributed by atoms with van der Waals surface area (Å²) in [5.74, 6) is -0.928. The molecular formula is C32H37N5O6. The number of hydrogen-bond acceptors (Lipinski definition) is 7. The third-order valence-corrected chi connectivity index (χ3v) is 6.66. The maximum Gasteiger partial charge on any atom is 0.254 e. The molecule has 43 heavy (non-hydrogen) atoms. The second kappa shape index (κ2) is 14.8. The average Bonchev–Trinajstić information content (AvgIpc) is 3.10. The standard InChI is InChI=1S/C32H37N5O6/c1-4-15-33-29(38)14-13-25-32(41)36-26-18-27(34-30(39)20-42-19-21-9-6-5-7-10-21)28(17-24(26)31(40)35-25)43-23-12-8-11-22(16-23)37(2)3/h5-12,16-18,25H,4,13-15,19-20H2,1-3H3,(H,33,38)(H,34,39)(H,35,40)(H,36,41)/t25-/m1/s1. The Morgan fingerprint density at radius 3 is 2.51 bits per heavy atom. The Hall–Kier alpha value is -4.90. The molecule has 4 amide bonds. The Morgan fingerprint density at radius 1 is 0.977 bits per heavy atom. The summed E-state index contributed by atoms with van der Waals surface area (Å²) in [6, 6.07) is 18.9. The largest absolute Gasteiger partial charge is 0.455 e. The molecule has 0 bridgehead atoms. The van der Waals surface area contributed by atoms with E-state index in [4.69, 9.17) is 9.47 Å². The van der Waals surface area contributed by atoms with Gasteiger partial charge in [0.05, 0.1) is 23.5 Å². The minimum absolute atomic E-state index is 0.0789. The van der Waals surface area contributed by atoms with Crippen LogP contribution in [0.1, 0.15) is 42.1 Å². The van der Waals surface area contributed by atoms with Gasteiger partial charge in [-0.2, -0.15) is 0 Å². The van der Waals surface area contributed by atoms with Crippen molar-refractivity contribution < 1.29 is 28.7 Å². The molecule has 11 nitrogen and oxygen atoms in total. The molecule has 3 aromatic carbocycles. The fraction of sp³-hybridized carbons (Fsp3) is 0.312. The lowest BCUT2D eigenvalue weighted by molar-refractivity contribution is -0.122. The van der Waals surface area contributed by atoms with Crippen molar-refractivity contribution in [3.8, 4) is 11.5 Å². The molecule has 0 saturated carbocycles. The SMILES string of the molecule is CCCNC(=O)CC[C@H]1NC(=O)c2cc(Oc3cccc(N(C)C)c3)c(NC(=O)COCc3ccccc3)cc2NC1=O. The van der Waals surface area contributed by atoms with E-state index in [1.165, 1.54) is 12.1 Å². The van der Waals surface area contributed by atoms with E-state index < -0.39 is 23.8 Å². The van der Waals surface area contributed by atoms with Gasteiger partial charge in [0.2, 0.25) is 17.7 Å². The third-order valence-electron chi connectivity index (χ3n) is 6.66. The van der Waals surface area contributed by atoms with Crippen LogP contribution in [0.3, 0.4) is 0 Å². The van der Waals surface area contributed by atoms with E-state index in [0.29, 0.717) is 12.3 Å². The number of anilines is 3. The van der Waals surface area contributed by atoms with Gasteiger partial charge in [-0.15, -0.1) is 0 Å². The van der Waals surface area contributed by atoms with E-state index in [9.17, 15) is 19.2 Å². The molecule has 4 N–H and O–H groups in total. The summed E-state index contributed by atoms with van der Waals surface area (Å²) in [5.41, 5.74) is 2.42. The molecule has 0 aromatic heterocycles. The van der Waals surface area contributed by atoms with Crippen molar-refractivity contribution in [3.05, 3.63) is 77.9 Å². The first-order valence-corrected chi connectivity index (χ1v) is 14.2. The van der Waals surface area contributed by atoms with E-state index in [1.54, 1.807) is 6.07 Å². The summed E-state index contributed by atoms with van der Waals surface area (Å²) in [5, 5.41) is 11.0. The van der Waals surface area contributed by atoms with E-state index in [2.05, 4.69) is 21.3 Å². The maximum atomic E-state index is 13.3. The smallest absolute Gasteiger partial charge is 0.254 e. The second-order valence-corrected chi connectivity index (χ2v) is 10.3. The fourth-order valence-electron chi connectivity index (χ4n) is 4.38. The van der Waals surface area contributed by atoms with Crippen LogP contribution in [0.25, 0.3) is 0 Å². The van der Waals surface area contributed by atoms with Crippen LogP contribution < -0.4 is 30.9 Å². The molecule has 0 aliphatic carbocycles. The summed E-state index contributed by atoms with van der Waals surface area (Å²) in [6.07, 6.45) is 1.00. The molecule has 0 unspecified atom stereocenters. The number of ether oxygens (including phenoxy) is 2.